The summed E-state index contributed by atoms with van der Waals surface area (Å²) in [7, 11) is 0. The van der Waals surface area contributed by atoms with E-state index in [1.807, 2.05) is 6.07 Å². The maximum absolute atomic E-state index is 11.2. The van der Waals surface area contributed by atoms with Crippen LogP contribution >= 0.6 is 11.3 Å². The van der Waals surface area contributed by atoms with E-state index in [9.17, 15) is 9.90 Å². The smallest absolute Gasteiger partial charge is 0.307 e. The highest BCUT2D eigenvalue weighted by Gasteiger charge is 2.24. The summed E-state index contributed by atoms with van der Waals surface area (Å²) in [4.78, 5) is 14.8. The van der Waals surface area contributed by atoms with E-state index >= 15 is 0 Å². The largest absolute Gasteiger partial charge is 0.481 e. The van der Waals surface area contributed by atoms with Crippen LogP contribution in [0, 0.1) is 12.8 Å². The van der Waals surface area contributed by atoms with Crippen LogP contribution in [0.3, 0.4) is 0 Å². The van der Waals surface area contributed by atoms with Gasteiger partial charge in [0.05, 0.1) is 5.92 Å². The van der Waals surface area contributed by atoms with Crippen molar-refractivity contribution in [3.8, 4) is 0 Å². The van der Waals surface area contributed by atoms with E-state index in [1.165, 1.54) is 21.6 Å². The Morgan fingerprint density at radius 3 is 2.80 bits per heavy atom. The van der Waals surface area contributed by atoms with Gasteiger partial charge in [0.2, 0.25) is 0 Å². The minimum atomic E-state index is -0.653. The van der Waals surface area contributed by atoms with Gasteiger partial charge in [-0.1, -0.05) is 36.4 Å². The Labute approximate surface area is 153 Å². The molecule has 1 unspecified atom stereocenters. The van der Waals surface area contributed by atoms with Gasteiger partial charge in [0.1, 0.15) is 0 Å². The molecule has 1 aliphatic rings. The van der Waals surface area contributed by atoms with Crippen LogP contribution in [0.1, 0.15) is 35.3 Å². The number of thiophene rings is 1. The van der Waals surface area contributed by atoms with Gasteiger partial charge >= 0.3 is 5.97 Å². The van der Waals surface area contributed by atoms with Crippen molar-refractivity contribution in [2.24, 2.45) is 5.92 Å². The molecule has 3 rings (SSSR count). The molecule has 1 N–H and O–H groups in total. The van der Waals surface area contributed by atoms with Crippen LogP contribution in [0.15, 0.2) is 47.9 Å². The molecule has 0 aliphatic carbocycles. The molecule has 1 aromatic heterocycles. The maximum Gasteiger partial charge on any atom is 0.307 e. The van der Waals surface area contributed by atoms with Crippen molar-refractivity contribution in [3.63, 3.8) is 0 Å². The first-order chi connectivity index (χ1) is 12.1. The van der Waals surface area contributed by atoms with E-state index in [-0.39, 0.29) is 5.92 Å². The SMILES string of the molecule is Cc1ccsc1C(=CCCN1CCCC(C(=O)O)C1)c1ccccc1. The summed E-state index contributed by atoms with van der Waals surface area (Å²) >= 11 is 1.78. The number of carboxylic acid groups (broad SMARTS) is 1. The van der Waals surface area contributed by atoms with Crippen LogP contribution in [0.5, 0.6) is 0 Å². The number of piperidine rings is 1. The lowest BCUT2D eigenvalue weighted by atomic mass is 9.97. The third-order valence-electron chi connectivity index (χ3n) is 4.84. The molecule has 0 bridgehead atoms. The highest BCUT2D eigenvalue weighted by Crippen LogP contribution is 2.31. The van der Waals surface area contributed by atoms with Gasteiger partial charge in [0.15, 0.2) is 0 Å². The molecule has 1 atom stereocenters. The summed E-state index contributed by atoms with van der Waals surface area (Å²) in [6.07, 6.45) is 5.05. The van der Waals surface area contributed by atoms with Crippen molar-refractivity contribution < 1.29 is 9.90 Å². The van der Waals surface area contributed by atoms with E-state index in [1.54, 1.807) is 11.3 Å². The summed E-state index contributed by atoms with van der Waals surface area (Å²) in [5, 5.41) is 11.4. The number of rotatable bonds is 6. The Morgan fingerprint density at radius 1 is 1.32 bits per heavy atom. The molecule has 3 nitrogen and oxygen atoms in total. The lowest BCUT2D eigenvalue weighted by molar-refractivity contribution is -0.143. The predicted molar refractivity (Wildman–Crippen MR) is 104 cm³/mol. The molecular weight excluding hydrogens is 330 g/mol. The molecule has 0 amide bonds. The lowest BCUT2D eigenvalue weighted by Gasteiger charge is -2.30. The molecule has 0 radical (unpaired) electrons. The summed E-state index contributed by atoms with van der Waals surface area (Å²) in [6, 6.07) is 12.7. The second-order valence-corrected chi connectivity index (χ2v) is 7.60. The Hall–Kier alpha value is -1.91. The first-order valence-corrected chi connectivity index (χ1v) is 9.78. The van der Waals surface area contributed by atoms with Crippen molar-refractivity contribution in [3.05, 3.63) is 63.9 Å². The molecule has 1 aromatic carbocycles. The summed E-state index contributed by atoms with van der Waals surface area (Å²) in [5.41, 5.74) is 3.85. The van der Waals surface area contributed by atoms with E-state index < -0.39 is 5.97 Å². The second-order valence-electron chi connectivity index (χ2n) is 6.68. The monoisotopic (exact) mass is 355 g/mol. The first-order valence-electron chi connectivity index (χ1n) is 8.90. The molecule has 2 heterocycles. The topological polar surface area (TPSA) is 40.5 Å². The highest BCUT2D eigenvalue weighted by molar-refractivity contribution is 7.11. The Balaban J connectivity index is 1.72. The number of likely N-dealkylation sites (tertiary alicyclic amines) is 1. The summed E-state index contributed by atoms with van der Waals surface area (Å²) < 4.78 is 0. The van der Waals surface area contributed by atoms with E-state index in [0.717, 1.165) is 32.4 Å². The quantitative estimate of drug-likeness (QED) is 0.818. The van der Waals surface area contributed by atoms with Crippen LogP contribution in [-0.4, -0.2) is 35.6 Å². The van der Waals surface area contributed by atoms with Crippen molar-refractivity contribution in [1.29, 1.82) is 0 Å². The molecule has 2 aromatic rings. The Kier molecular flexibility index (Phi) is 6.05. The van der Waals surface area contributed by atoms with Gasteiger partial charge in [-0.15, -0.1) is 11.3 Å². The van der Waals surface area contributed by atoms with Crippen LogP contribution < -0.4 is 0 Å². The molecule has 1 saturated heterocycles. The van der Waals surface area contributed by atoms with Gasteiger partial charge in [-0.05, 0) is 60.9 Å². The standard InChI is InChI=1S/C21H25NO2S/c1-16-11-14-25-20(16)19(17-7-3-2-4-8-17)10-6-13-22-12-5-9-18(15-22)21(23)24/h2-4,7-8,10-11,14,18H,5-6,9,12-13,15H2,1H3,(H,23,24). The molecule has 25 heavy (non-hydrogen) atoms. The Bertz CT molecular complexity index is 735. The van der Waals surface area contributed by atoms with Crippen molar-refractivity contribution in [1.82, 2.24) is 4.90 Å². The van der Waals surface area contributed by atoms with Crippen molar-refractivity contribution >= 4 is 22.9 Å². The number of carboxylic acids is 1. The number of aliphatic carboxylic acids is 1. The predicted octanol–water partition coefficient (Wildman–Crippen LogP) is 4.67. The molecule has 1 fully saturated rings. The zero-order valence-electron chi connectivity index (χ0n) is 14.6. The maximum atomic E-state index is 11.2. The third kappa shape index (κ3) is 4.59. The van der Waals surface area contributed by atoms with Crippen LogP contribution in [0.4, 0.5) is 0 Å². The number of hydrogen-bond acceptors (Lipinski definition) is 3. The third-order valence-corrected chi connectivity index (χ3v) is 5.89. The zero-order valence-corrected chi connectivity index (χ0v) is 15.5. The van der Waals surface area contributed by atoms with Crippen LogP contribution in [0.2, 0.25) is 0 Å². The average molecular weight is 356 g/mol. The van der Waals surface area contributed by atoms with Crippen molar-refractivity contribution in [2.45, 2.75) is 26.2 Å². The van der Waals surface area contributed by atoms with Crippen molar-refractivity contribution in [2.75, 3.05) is 19.6 Å². The highest BCUT2D eigenvalue weighted by atomic mass is 32.1. The minimum Gasteiger partial charge on any atom is -0.481 e. The van der Waals surface area contributed by atoms with Gasteiger partial charge in [-0.25, -0.2) is 0 Å². The average Bonchev–Trinajstić information content (AvgIpc) is 3.05. The molecule has 132 valence electrons. The van der Waals surface area contributed by atoms with Crippen LogP contribution in [0.25, 0.3) is 5.57 Å². The van der Waals surface area contributed by atoms with E-state index in [2.05, 4.69) is 53.6 Å². The molecule has 0 saturated carbocycles. The number of aryl methyl sites for hydroxylation is 1. The minimum absolute atomic E-state index is 0.203. The fourth-order valence-corrected chi connectivity index (χ4v) is 4.45. The normalized spacial score (nSPS) is 19.1. The van der Waals surface area contributed by atoms with E-state index in [4.69, 9.17) is 0 Å². The molecule has 1 aliphatic heterocycles. The fourth-order valence-electron chi connectivity index (χ4n) is 3.46. The summed E-state index contributed by atoms with van der Waals surface area (Å²) in [5.74, 6) is -0.856. The number of benzene rings is 1. The Morgan fingerprint density at radius 2 is 2.12 bits per heavy atom. The number of carbonyl (C=O) groups is 1. The second kappa shape index (κ2) is 8.45. The van der Waals surface area contributed by atoms with Gasteiger partial charge in [-0.3, -0.25) is 4.79 Å². The van der Waals surface area contributed by atoms with Crippen LogP contribution in [-0.2, 0) is 4.79 Å². The number of hydrogen-bond donors (Lipinski definition) is 1. The van der Waals surface area contributed by atoms with Gasteiger partial charge in [0, 0.05) is 18.0 Å². The zero-order chi connectivity index (χ0) is 17.6. The fraction of sp³-hybridized carbons (Fsp3) is 0.381. The molecular formula is C21H25NO2S. The molecule has 0 spiro atoms. The molecule has 4 heteroatoms. The summed E-state index contributed by atoms with van der Waals surface area (Å²) in [6.45, 7) is 4.77. The van der Waals surface area contributed by atoms with Gasteiger partial charge in [0.25, 0.3) is 0 Å². The van der Waals surface area contributed by atoms with Gasteiger partial charge in [-0.2, -0.15) is 0 Å². The number of nitrogens with zero attached hydrogens (tertiary/aromatic N) is 1. The van der Waals surface area contributed by atoms with Gasteiger partial charge < -0.3 is 10.0 Å². The first kappa shape index (κ1) is 17.9. The lowest BCUT2D eigenvalue weighted by Crippen LogP contribution is -2.39. The van der Waals surface area contributed by atoms with E-state index in [0.29, 0.717) is 6.54 Å².